The average molecular weight is 525 g/mol. The van der Waals surface area contributed by atoms with Gasteiger partial charge in [-0.25, -0.2) is 4.98 Å². The quantitative estimate of drug-likeness (QED) is 0.140. The number of carboxylic acids is 1. The molecule has 0 aliphatic heterocycles. The summed E-state index contributed by atoms with van der Waals surface area (Å²) >= 11 is 3.49. The van der Waals surface area contributed by atoms with Gasteiger partial charge >= 0.3 is 5.97 Å². The predicted molar refractivity (Wildman–Crippen MR) is 137 cm³/mol. The van der Waals surface area contributed by atoms with Crippen LogP contribution in [0.5, 0.6) is 0 Å². The molecule has 2 aromatic carbocycles. The molecular formula is C24H25BrN6O3. The summed E-state index contributed by atoms with van der Waals surface area (Å²) in [4.78, 5) is 33.5. The minimum atomic E-state index is -0.783. The number of carbonyl (C=O) groups excluding carboxylic acids is 1. The number of primary amides is 1. The summed E-state index contributed by atoms with van der Waals surface area (Å²) in [6.45, 7) is 0.510. The number of halogens is 1. The number of fused-ring (bicyclic) bond motifs is 2. The molecule has 4 aromatic rings. The number of hydrogen-bond donors (Lipinski definition) is 5. The lowest BCUT2D eigenvalue weighted by atomic mass is 10.0. The first kappa shape index (κ1) is 24.7. The number of rotatable bonds is 7. The topological polar surface area (TPSA) is 173 Å². The van der Waals surface area contributed by atoms with Gasteiger partial charge in [0.1, 0.15) is 0 Å². The Morgan fingerprint density at radius 3 is 2.50 bits per heavy atom. The summed E-state index contributed by atoms with van der Waals surface area (Å²) in [7, 11) is 0. The Hall–Kier alpha value is -3.92. The molecule has 0 atom stereocenters. The Morgan fingerprint density at radius 2 is 1.79 bits per heavy atom. The number of carboxylic acid groups (broad SMARTS) is 1. The number of nitrogens with zero attached hydrogens (tertiary/aromatic N) is 2. The normalized spacial score (nSPS) is 10.5. The van der Waals surface area contributed by atoms with Gasteiger partial charge in [0.2, 0.25) is 5.91 Å². The number of aliphatic imine (C=N–C) groups is 1. The van der Waals surface area contributed by atoms with Crippen LogP contribution in [0.3, 0.4) is 0 Å². The summed E-state index contributed by atoms with van der Waals surface area (Å²) in [5.41, 5.74) is 19.6. The molecule has 0 bridgehead atoms. The number of aromatic amines is 1. The van der Waals surface area contributed by atoms with Gasteiger partial charge < -0.3 is 27.3 Å². The number of hydrogen-bond acceptors (Lipinski definition) is 4. The second-order valence-electron chi connectivity index (χ2n) is 7.49. The summed E-state index contributed by atoms with van der Waals surface area (Å²) in [6.07, 6.45) is 3.41. The van der Waals surface area contributed by atoms with Crippen LogP contribution in [-0.4, -0.2) is 39.5 Å². The molecule has 0 radical (unpaired) electrons. The van der Waals surface area contributed by atoms with Crippen LogP contribution in [0.25, 0.3) is 33.1 Å². The summed E-state index contributed by atoms with van der Waals surface area (Å²) in [6, 6.07) is 15.3. The third-order valence-corrected chi connectivity index (χ3v) is 5.49. The molecule has 2 heterocycles. The van der Waals surface area contributed by atoms with E-state index in [0.717, 1.165) is 37.5 Å². The van der Waals surface area contributed by atoms with E-state index in [9.17, 15) is 9.59 Å². The molecule has 0 aliphatic carbocycles. The fraction of sp³-hybridized carbons (Fsp3) is 0.167. The smallest absolute Gasteiger partial charge is 0.303 e. The van der Waals surface area contributed by atoms with Gasteiger partial charge in [-0.3, -0.25) is 14.6 Å². The van der Waals surface area contributed by atoms with E-state index < -0.39 is 11.9 Å². The van der Waals surface area contributed by atoms with E-state index in [2.05, 4.69) is 25.9 Å². The Labute approximate surface area is 204 Å². The van der Waals surface area contributed by atoms with Gasteiger partial charge in [0.05, 0.1) is 16.8 Å². The van der Waals surface area contributed by atoms with Crippen LogP contribution < -0.4 is 17.2 Å². The van der Waals surface area contributed by atoms with Crippen molar-refractivity contribution in [2.45, 2.75) is 19.3 Å². The molecular weight excluding hydrogens is 500 g/mol. The van der Waals surface area contributed by atoms with E-state index in [0.29, 0.717) is 24.9 Å². The van der Waals surface area contributed by atoms with Gasteiger partial charge in [0.25, 0.3) is 0 Å². The molecule has 8 N–H and O–H groups in total. The van der Waals surface area contributed by atoms with E-state index in [1.165, 1.54) is 0 Å². The molecule has 176 valence electrons. The minimum absolute atomic E-state index is 0.0559. The van der Waals surface area contributed by atoms with Crippen molar-refractivity contribution in [3.8, 4) is 11.3 Å². The molecule has 10 heteroatoms. The second-order valence-corrected chi connectivity index (χ2v) is 8.40. The third-order valence-electron chi connectivity index (χ3n) is 4.99. The first-order chi connectivity index (χ1) is 16.3. The highest BCUT2D eigenvalue weighted by Gasteiger charge is 2.14. The number of para-hydroxylation sites is 1. The van der Waals surface area contributed by atoms with E-state index >= 15 is 0 Å². The molecule has 0 unspecified atom stereocenters. The van der Waals surface area contributed by atoms with Gasteiger partial charge in [-0.1, -0.05) is 34.1 Å². The average Bonchev–Trinajstić information content (AvgIpc) is 3.21. The van der Waals surface area contributed by atoms with Crippen LogP contribution >= 0.6 is 15.9 Å². The number of nitrogens with two attached hydrogens (primary N) is 3. The Bertz CT molecular complexity index is 1360. The van der Waals surface area contributed by atoms with Crippen molar-refractivity contribution in [3.63, 3.8) is 0 Å². The van der Waals surface area contributed by atoms with Crippen molar-refractivity contribution in [1.29, 1.82) is 0 Å². The minimum Gasteiger partial charge on any atom is -0.481 e. The molecule has 1 amide bonds. The van der Waals surface area contributed by atoms with Crippen LogP contribution in [0.15, 0.2) is 64.2 Å². The third kappa shape index (κ3) is 6.32. The molecule has 0 aliphatic rings. The number of aliphatic carboxylic acids is 1. The lowest BCUT2D eigenvalue weighted by Crippen LogP contribution is -2.22. The number of nitrogens with one attached hydrogen (secondary N) is 1. The van der Waals surface area contributed by atoms with E-state index in [1.54, 1.807) is 6.07 Å². The number of aromatic nitrogens is 2. The maximum atomic E-state index is 11.8. The van der Waals surface area contributed by atoms with Crippen LogP contribution in [0, 0.1) is 0 Å². The highest BCUT2D eigenvalue weighted by Crippen LogP contribution is 2.31. The highest BCUT2D eigenvalue weighted by atomic mass is 79.9. The first-order valence-corrected chi connectivity index (χ1v) is 11.3. The van der Waals surface area contributed by atoms with Gasteiger partial charge in [-0.05, 0) is 43.2 Å². The number of unbranched alkanes of at least 4 members (excludes halogenated alkanes) is 1. The molecule has 0 saturated heterocycles. The maximum Gasteiger partial charge on any atom is 0.303 e. The Kier molecular flexibility index (Phi) is 8.20. The second kappa shape index (κ2) is 11.3. The van der Waals surface area contributed by atoms with Gasteiger partial charge in [0.15, 0.2) is 5.96 Å². The van der Waals surface area contributed by atoms with Gasteiger partial charge in [0, 0.05) is 45.5 Å². The molecule has 9 nitrogen and oxygen atoms in total. The van der Waals surface area contributed by atoms with Crippen LogP contribution in [0.1, 0.15) is 29.6 Å². The monoisotopic (exact) mass is 524 g/mol. The van der Waals surface area contributed by atoms with Crippen molar-refractivity contribution in [2.75, 3.05) is 6.54 Å². The summed E-state index contributed by atoms with van der Waals surface area (Å²) < 4.78 is 0.988. The zero-order chi connectivity index (χ0) is 24.7. The number of amides is 1. The zero-order valence-corrected chi connectivity index (χ0v) is 19.9. The standard InChI is InChI=1S/C18H12BrN3O.C6H13N3O2/c19-10-5-6-15-12(7-10)14(9-21-15)17-8-13(18(20)23)11-3-1-2-4-16(11)22-17;7-6(8)9-4-2-1-3-5(10)11/h1-9,21H,(H2,20,23);1-4H2,(H,10,11)(H4,7,8,9). The molecule has 0 saturated carbocycles. The van der Waals surface area contributed by atoms with Gasteiger partial charge in [-0.2, -0.15) is 0 Å². The van der Waals surface area contributed by atoms with Crippen molar-refractivity contribution in [1.82, 2.24) is 9.97 Å². The maximum absolute atomic E-state index is 11.8. The SMILES string of the molecule is NC(=O)c1cc(-c2c[nH]c3ccc(Br)cc23)nc2ccccc12.NC(N)=NCCCCC(=O)O. The van der Waals surface area contributed by atoms with E-state index in [1.807, 2.05) is 48.7 Å². The van der Waals surface area contributed by atoms with Crippen LogP contribution in [-0.2, 0) is 4.79 Å². The zero-order valence-electron chi connectivity index (χ0n) is 18.3. The van der Waals surface area contributed by atoms with Crippen LogP contribution in [0.2, 0.25) is 0 Å². The number of carbonyl (C=O) groups is 2. The Morgan fingerprint density at radius 1 is 1.03 bits per heavy atom. The molecule has 2 aromatic heterocycles. The first-order valence-electron chi connectivity index (χ1n) is 10.5. The lowest BCUT2D eigenvalue weighted by Gasteiger charge is -2.07. The summed E-state index contributed by atoms with van der Waals surface area (Å²) in [5.74, 6) is -1.18. The molecule has 0 spiro atoms. The predicted octanol–water partition coefficient (Wildman–Crippen LogP) is 3.76. The van der Waals surface area contributed by atoms with E-state index in [4.69, 9.17) is 27.3 Å². The van der Waals surface area contributed by atoms with Gasteiger partial charge in [-0.15, -0.1) is 0 Å². The van der Waals surface area contributed by atoms with E-state index in [-0.39, 0.29) is 12.4 Å². The molecule has 34 heavy (non-hydrogen) atoms. The van der Waals surface area contributed by atoms with Crippen molar-refractivity contribution in [2.24, 2.45) is 22.2 Å². The Balaban J connectivity index is 0.000000252. The fourth-order valence-corrected chi connectivity index (χ4v) is 3.78. The summed E-state index contributed by atoms with van der Waals surface area (Å²) in [5, 5.41) is 10.0. The number of H-pyrrole nitrogens is 1. The number of guanidine groups is 1. The lowest BCUT2D eigenvalue weighted by molar-refractivity contribution is -0.137. The van der Waals surface area contributed by atoms with Crippen molar-refractivity contribution < 1.29 is 14.7 Å². The number of pyridine rings is 1. The van der Waals surface area contributed by atoms with Crippen LogP contribution in [0.4, 0.5) is 0 Å². The molecule has 4 rings (SSSR count). The largest absolute Gasteiger partial charge is 0.481 e. The highest BCUT2D eigenvalue weighted by molar-refractivity contribution is 9.10. The van der Waals surface area contributed by atoms with Crippen molar-refractivity contribution >= 4 is 55.6 Å². The molecule has 0 fully saturated rings. The van der Waals surface area contributed by atoms with Crippen molar-refractivity contribution in [3.05, 3.63) is 64.8 Å². The fourth-order valence-electron chi connectivity index (χ4n) is 3.42. The number of benzene rings is 2.